The van der Waals surface area contributed by atoms with E-state index in [1.165, 1.54) is 23.1 Å². The smallest absolute Gasteiger partial charge is 0.387 e. The quantitative estimate of drug-likeness (QED) is 0.375. The maximum atomic E-state index is 13.8. The summed E-state index contributed by atoms with van der Waals surface area (Å²) in [4.78, 5) is 35.5. The number of amides is 3. The number of aromatic hydroxyl groups is 1. The van der Waals surface area contributed by atoms with E-state index >= 15 is 0 Å². The Morgan fingerprint density at radius 2 is 2.08 bits per heavy atom. The minimum atomic E-state index is -2.98. The number of fused-ring (bicyclic) bond motifs is 4. The topological polar surface area (TPSA) is 89.1 Å². The number of imide groups is 1. The number of hydrogen-bond donors (Lipinski definition) is 2. The van der Waals surface area contributed by atoms with Crippen molar-refractivity contribution in [1.82, 2.24) is 19.7 Å². The van der Waals surface area contributed by atoms with E-state index in [9.17, 15) is 23.5 Å². The summed E-state index contributed by atoms with van der Waals surface area (Å²) in [6.45, 7) is -0.311. The fourth-order valence-corrected chi connectivity index (χ4v) is 5.41. The zero-order valence-corrected chi connectivity index (χ0v) is 20.4. The van der Waals surface area contributed by atoms with Crippen LogP contribution in [0.5, 0.6) is 11.5 Å². The second-order valence-corrected chi connectivity index (χ2v) is 9.60. The maximum absolute atomic E-state index is 13.8. The third-order valence-electron chi connectivity index (χ3n) is 7.12. The molecule has 5 rings (SSSR count). The summed E-state index contributed by atoms with van der Waals surface area (Å²) >= 11 is 0. The number of urea groups is 1. The van der Waals surface area contributed by atoms with Gasteiger partial charge < -0.3 is 14.8 Å². The first-order chi connectivity index (χ1) is 17.6. The molecule has 8 nitrogen and oxygen atoms in total. The predicted molar refractivity (Wildman–Crippen MR) is 132 cm³/mol. The van der Waals surface area contributed by atoms with Crippen molar-refractivity contribution in [1.29, 1.82) is 0 Å². The summed E-state index contributed by atoms with van der Waals surface area (Å²) in [5.41, 5.74) is 1.41. The average molecular weight is 509 g/mol. The number of nitrogens with one attached hydrogen (secondary N) is 1. The van der Waals surface area contributed by atoms with Gasteiger partial charge in [0.25, 0.3) is 5.91 Å². The number of aromatic nitrogens is 1. The Morgan fingerprint density at radius 1 is 1.30 bits per heavy atom. The number of carbonyl (C=O) groups is 2. The van der Waals surface area contributed by atoms with Crippen LogP contribution in [-0.4, -0.2) is 75.6 Å². The number of phenols is 1. The zero-order chi connectivity index (χ0) is 26.5. The maximum Gasteiger partial charge on any atom is 0.387 e. The lowest BCUT2D eigenvalue weighted by Crippen LogP contribution is -2.53. The van der Waals surface area contributed by atoms with Crippen molar-refractivity contribution < 1.29 is 28.2 Å². The fourth-order valence-electron chi connectivity index (χ4n) is 5.41. The van der Waals surface area contributed by atoms with Gasteiger partial charge in [0.15, 0.2) is 0 Å². The highest BCUT2D eigenvalue weighted by atomic mass is 19.3. The molecular weight excluding hydrogens is 482 g/mol. The Bertz CT molecular complexity index is 1430. The molecule has 1 fully saturated rings. The van der Waals surface area contributed by atoms with E-state index < -0.39 is 24.2 Å². The number of likely N-dealkylation sites (N-methyl/N-ethyl adjacent to an activating group) is 1. The number of H-pyrrole nitrogens is 1. The van der Waals surface area contributed by atoms with Crippen LogP contribution in [0, 0.1) is 12.3 Å². The highest BCUT2D eigenvalue weighted by Crippen LogP contribution is 2.49. The van der Waals surface area contributed by atoms with E-state index in [1.807, 2.05) is 11.9 Å². The van der Waals surface area contributed by atoms with Gasteiger partial charge in [-0.05, 0) is 55.4 Å². The second kappa shape index (κ2) is 9.09. The number of rotatable bonds is 7. The monoisotopic (exact) mass is 508 g/mol. The van der Waals surface area contributed by atoms with Crippen molar-refractivity contribution in [2.75, 3.05) is 26.7 Å². The molecule has 0 aliphatic carbocycles. The molecule has 3 aromatic rings. The van der Waals surface area contributed by atoms with E-state index in [1.54, 1.807) is 36.1 Å². The molecule has 0 radical (unpaired) electrons. The Balaban J connectivity index is 1.64. The van der Waals surface area contributed by atoms with Crippen LogP contribution in [0.4, 0.5) is 13.6 Å². The lowest BCUT2D eigenvalue weighted by molar-refractivity contribution is -0.133. The average Bonchev–Trinajstić information content (AvgIpc) is 3.28. The molecule has 1 saturated heterocycles. The number of aromatic amines is 1. The SMILES string of the molecule is C#CCN(C)CCN1C(=O)N2C(c3cccc(O)c3)c3[nH]c4ccc(OC(F)F)cc4c3C[C@@]2(C)C1=O. The first-order valence-corrected chi connectivity index (χ1v) is 11.8. The summed E-state index contributed by atoms with van der Waals surface area (Å²) in [6, 6.07) is 9.94. The lowest BCUT2D eigenvalue weighted by atomic mass is 9.81. The number of phenolic OH excluding ortho intramolecular Hbond substituents is 1. The first kappa shape index (κ1) is 24.6. The predicted octanol–water partition coefficient (Wildman–Crippen LogP) is 3.71. The van der Waals surface area contributed by atoms with Gasteiger partial charge in [-0.25, -0.2) is 4.79 Å². The molecule has 0 bridgehead atoms. The van der Waals surface area contributed by atoms with Gasteiger partial charge in [0, 0.05) is 36.1 Å². The highest BCUT2D eigenvalue weighted by molar-refractivity contribution is 6.08. The molecule has 2 N–H and O–H groups in total. The summed E-state index contributed by atoms with van der Waals surface area (Å²) < 4.78 is 30.4. The lowest BCUT2D eigenvalue weighted by Gasteiger charge is -2.42. The Morgan fingerprint density at radius 3 is 2.78 bits per heavy atom. The van der Waals surface area contributed by atoms with Crippen molar-refractivity contribution in [3.8, 4) is 23.8 Å². The zero-order valence-electron chi connectivity index (χ0n) is 20.4. The molecule has 2 aliphatic rings. The standard InChI is InChI=1S/C27H26F2N4O4/c1-4-10-31(3)11-12-32-24(35)27(2)15-20-19-14-18(37-25(28)29)8-9-21(19)30-22(20)23(33(27)26(32)36)16-6-5-7-17(34)13-16/h1,5-9,13-14,23,25,30,34H,10-12,15H2,2-3H3/t23?,27-/m0/s1. The molecular formula is C27H26F2N4O4. The van der Waals surface area contributed by atoms with Gasteiger partial charge in [0.05, 0.1) is 6.54 Å². The summed E-state index contributed by atoms with van der Waals surface area (Å²) in [7, 11) is 1.81. The Hall–Kier alpha value is -4.10. The van der Waals surface area contributed by atoms with E-state index in [0.717, 1.165) is 5.56 Å². The van der Waals surface area contributed by atoms with Gasteiger partial charge in [-0.1, -0.05) is 18.1 Å². The van der Waals surface area contributed by atoms with Gasteiger partial charge >= 0.3 is 12.6 Å². The van der Waals surface area contributed by atoms with Crippen LogP contribution in [0.1, 0.15) is 29.8 Å². The molecule has 37 heavy (non-hydrogen) atoms. The van der Waals surface area contributed by atoms with Crippen LogP contribution in [0.15, 0.2) is 42.5 Å². The molecule has 3 heterocycles. The van der Waals surface area contributed by atoms with Gasteiger partial charge in [-0.3, -0.25) is 19.5 Å². The van der Waals surface area contributed by atoms with Crippen molar-refractivity contribution in [3.05, 3.63) is 59.3 Å². The number of terminal acetylenes is 1. The van der Waals surface area contributed by atoms with Crippen LogP contribution in [-0.2, 0) is 11.2 Å². The normalized spacial score (nSPS) is 21.1. The number of benzene rings is 2. The largest absolute Gasteiger partial charge is 0.508 e. The number of ether oxygens (including phenoxy) is 1. The van der Waals surface area contributed by atoms with E-state index in [4.69, 9.17) is 6.42 Å². The van der Waals surface area contributed by atoms with Crippen molar-refractivity contribution in [2.24, 2.45) is 0 Å². The van der Waals surface area contributed by atoms with Gasteiger partial charge in [-0.15, -0.1) is 6.42 Å². The molecule has 2 atom stereocenters. The molecule has 2 aromatic carbocycles. The second-order valence-electron chi connectivity index (χ2n) is 9.60. The first-order valence-electron chi connectivity index (χ1n) is 11.8. The number of nitrogens with zero attached hydrogens (tertiary/aromatic N) is 3. The van der Waals surface area contributed by atoms with Crippen LogP contribution in [0.2, 0.25) is 0 Å². The number of alkyl halides is 2. The van der Waals surface area contributed by atoms with Gasteiger partial charge in [-0.2, -0.15) is 8.78 Å². The molecule has 2 aliphatic heterocycles. The van der Waals surface area contributed by atoms with Crippen molar-refractivity contribution in [2.45, 2.75) is 31.5 Å². The molecule has 192 valence electrons. The Labute approximate surface area is 212 Å². The fraction of sp³-hybridized carbons (Fsp3) is 0.333. The minimum absolute atomic E-state index is 0.00205. The third-order valence-corrected chi connectivity index (χ3v) is 7.12. The van der Waals surface area contributed by atoms with Gasteiger partial charge in [0.2, 0.25) is 0 Å². The van der Waals surface area contributed by atoms with Crippen LogP contribution < -0.4 is 4.74 Å². The minimum Gasteiger partial charge on any atom is -0.508 e. The molecule has 1 aromatic heterocycles. The molecule has 0 saturated carbocycles. The summed E-state index contributed by atoms with van der Waals surface area (Å²) in [6.07, 6.45) is 5.55. The molecule has 1 unspecified atom stereocenters. The van der Waals surface area contributed by atoms with Crippen molar-refractivity contribution in [3.63, 3.8) is 0 Å². The van der Waals surface area contributed by atoms with Crippen LogP contribution >= 0.6 is 0 Å². The van der Waals surface area contributed by atoms with E-state index in [0.29, 0.717) is 35.2 Å². The van der Waals surface area contributed by atoms with Crippen LogP contribution in [0.3, 0.4) is 0 Å². The third kappa shape index (κ3) is 4.05. The van der Waals surface area contributed by atoms with Crippen LogP contribution in [0.25, 0.3) is 10.9 Å². The molecule has 10 heteroatoms. The van der Waals surface area contributed by atoms with E-state index in [-0.39, 0.29) is 30.4 Å². The number of carbonyl (C=O) groups excluding carboxylic acids is 2. The van der Waals surface area contributed by atoms with Gasteiger partial charge in [0.1, 0.15) is 23.1 Å². The molecule has 0 spiro atoms. The Kier molecular flexibility index (Phi) is 6.04. The summed E-state index contributed by atoms with van der Waals surface area (Å²) in [5, 5.41) is 10.9. The summed E-state index contributed by atoms with van der Waals surface area (Å²) in [5.74, 6) is 2.20. The van der Waals surface area contributed by atoms with E-state index in [2.05, 4.69) is 15.6 Å². The highest BCUT2D eigenvalue weighted by Gasteiger charge is 2.60. The number of hydrogen-bond acceptors (Lipinski definition) is 5. The molecule has 3 amide bonds. The number of halogens is 2. The van der Waals surface area contributed by atoms with Crippen molar-refractivity contribution >= 4 is 22.8 Å².